The summed E-state index contributed by atoms with van der Waals surface area (Å²) in [6.45, 7) is 18.9. The number of ether oxygens (including phenoxy) is 2. The average Bonchev–Trinajstić information content (AvgIpc) is 3.28. The number of hydrogen-bond donors (Lipinski definition) is 0. The van der Waals surface area contributed by atoms with E-state index >= 15 is 0 Å². The fourth-order valence-corrected chi connectivity index (χ4v) is 13.1. The zero-order valence-corrected chi connectivity index (χ0v) is 27.5. The number of esters is 1. The van der Waals surface area contributed by atoms with Crippen molar-refractivity contribution in [2.24, 2.45) is 56.2 Å². The second-order valence-corrected chi connectivity index (χ2v) is 17.8. The first-order valence-corrected chi connectivity index (χ1v) is 17.3. The molecule has 1 aliphatic heterocycles. The topological polar surface area (TPSA) is 35.5 Å². The summed E-state index contributed by atoms with van der Waals surface area (Å²) < 4.78 is 13.0. The predicted molar refractivity (Wildman–Crippen MR) is 170 cm³/mol. The summed E-state index contributed by atoms with van der Waals surface area (Å²) >= 11 is 0. The first-order chi connectivity index (χ1) is 19.8. The maximum atomic E-state index is 13.0. The van der Waals surface area contributed by atoms with Gasteiger partial charge in [0.1, 0.15) is 6.10 Å². The Hall–Kier alpha value is -1.61. The summed E-state index contributed by atoms with van der Waals surface area (Å²) in [4.78, 5) is 13.0. The Morgan fingerprint density at radius 3 is 2.31 bits per heavy atom. The van der Waals surface area contributed by atoms with E-state index in [1.807, 2.05) is 36.4 Å². The fraction of sp³-hybridized carbons (Fsp3) is 0.769. The Kier molecular flexibility index (Phi) is 6.55. The Balaban J connectivity index is 1.13. The first-order valence-electron chi connectivity index (χ1n) is 17.3. The van der Waals surface area contributed by atoms with Crippen molar-refractivity contribution in [3.05, 3.63) is 42.0 Å². The van der Waals surface area contributed by atoms with Gasteiger partial charge in [-0.1, -0.05) is 78.8 Å². The van der Waals surface area contributed by atoms with E-state index in [2.05, 4.69) is 48.5 Å². The predicted octanol–water partition coefficient (Wildman–Crippen LogP) is 9.50. The van der Waals surface area contributed by atoms with Crippen LogP contribution in [0.3, 0.4) is 0 Å². The van der Waals surface area contributed by atoms with E-state index in [0.29, 0.717) is 39.1 Å². The number of hydrogen-bond acceptors (Lipinski definition) is 3. The van der Waals surface area contributed by atoms with Gasteiger partial charge in [-0.05, 0) is 127 Å². The maximum Gasteiger partial charge on any atom is 0.331 e. The molecule has 2 bridgehead atoms. The Bertz CT molecular complexity index is 1250. The van der Waals surface area contributed by atoms with Crippen LogP contribution in [-0.2, 0) is 14.3 Å². The fourth-order valence-electron chi connectivity index (χ4n) is 13.1. The lowest BCUT2D eigenvalue weighted by atomic mass is 9.31. The molecule has 6 aliphatic rings. The van der Waals surface area contributed by atoms with E-state index in [0.717, 1.165) is 36.3 Å². The molecule has 6 fully saturated rings. The van der Waals surface area contributed by atoms with Crippen molar-refractivity contribution in [2.75, 3.05) is 6.61 Å². The minimum absolute atomic E-state index is 0.0217. The molecule has 42 heavy (non-hydrogen) atoms. The molecule has 5 aliphatic carbocycles. The van der Waals surface area contributed by atoms with Crippen LogP contribution in [0.15, 0.2) is 36.4 Å². The van der Waals surface area contributed by atoms with Gasteiger partial charge < -0.3 is 9.47 Å². The van der Waals surface area contributed by atoms with Gasteiger partial charge in [0.15, 0.2) is 0 Å². The van der Waals surface area contributed by atoms with Crippen molar-refractivity contribution in [1.29, 1.82) is 0 Å². The summed E-state index contributed by atoms with van der Waals surface area (Å²) in [5, 5.41) is 0. The maximum absolute atomic E-state index is 13.0. The van der Waals surface area contributed by atoms with Gasteiger partial charge in [0.25, 0.3) is 0 Å². The van der Waals surface area contributed by atoms with Gasteiger partial charge in [-0.25, -0.2) is 4.79 Å². The monoisotopic (exact) mass is 572 g/mol. The standard InChI is InChI=1S/C39H56O3/c1-34(2)21-23-39-24-22-37(6)27(32(39)33(34)41-25-39)14-15-29-36(5)19-18-30(35(3,4)28(36)17-20-38(29,37)7)42-31(40)16-13-26-11-9-8-10-12-26/h8-13,16,27-30,32-33H,14-15,17-25H2,1-7H3/b16-13+/t27?,28?,29?,30?,32?,33?,36-,37+,38+,39?/m0/s1. The van der Waals surface area contributed by atoms with Gasteiger partial charge >= 0.3 is 5.97 Å². The van der Waals surface area contributed by atoms with Crippen LogP contribution in [0.5, 0.6) is 0 Å². The van der Waals surface area contributed by atoms with Crippen LogP contribution in [-0.4, -0.2) is 24.8 Å². The van der Waals surface area contributed by atoms with Crippen LogP contribution in [0.2, 0.25) is 0 Å². The first kappa shape index (κ1) is 29.1. The van der Waals surface area contributed by atoms with Crippen molar-refractivity contribution < 1.29 is 14.3 Å². The largest absolute Gasteiger partial charge is 0.459 e. The third-order valence-corrected chi connectivity index (χ3v) is 15.5. The Morgan fingerprint density at radius 2 is 1.55 bits per heavy atom. The molecule has 0 N–H and O–H groups in total. The number of carbonyl (C=O) groups is 1. The minimum atomic E-state index is -0.197. The van der Waals surface area contributed by atoms with E-state index in [4.69, 9.17) is 9.47 Å². The molecule has 3 heteroatoms. The Labute approximate surface area is 255 Å². The van der Waals surface area contributed by atoms with E-state index in [9.17, 15) is 4.79 Å². The molecule has 0 amide bonds. The van der Waals surface area contributed by atoms with Crippen LogP contribution in [0.1, 0.15) is 118 Å². The molecule has 1 heterocycles. The molecule has 0 radical (unpaired) electrons. The zero-order valence-electron chi connectivity index (χ0n) is 27.5. The highest BCUT2D eigenvalue weighted by Gasteiger charge is 2.72. The molecule has 7 unspecified atom stereocenters. The molecule has 3 nitrogen and oxygen atoms in total. The molecule has 10 atom stereocenters. The number of carbonyl (C=O) groups excluding carboxylic acids is 1. The molecule has 1 aromatic rings. The van der Waals surface area contributed by atoms with Gasteiger partial charge in [0.2, 0.25) is 0 Å². The molecule has 230 valence electrons. The molecule has 5 saturated carbocycles. The normalized spacial score (nSPS) is 48.5. The van der Waals surface area contributed by atoms with Crippen LogP contribution in [0.4, 0.5) is 0 Å². The van der Waals surface area contributed by atoms with Crippen molar-refractivity contribution in [3.8, 4) is 0 Å². The van der Waals surface area contributed by atoms with E-state index in [-0.39, 0.29) is 17.5 Å². The molecule has 1 aromatic carbocycles. The summed E-state index contributed by atoms with van der Waals surface area (Å²) in [6.07, 6.45) is 16.9. The van der Waals surface area contributed by atoms with Crippen molar-refractivity contribution >= 4 is 12.0 Å². The molecular weight excluding hydrogens is 516 g/mol. The lowest BCUT2D eigenvalue weighted by molar-refractivity contribution is -0.253. The quantitative estimate of drug-likeness (QED) is 0.267. The van der Waals surface area contributed by atoms with Crippen LogP contribution >= 0.6 is 0 Å². The SMILES string of the molecule is CC1(C)CCC23CC[C@]4(C)C(CCC5[C@@]6(C)CCC(OC(=O)/C=C/c7ccccc7)C(C)(C)C6CC[C@]54C)C2C1OC3. The zero-order chi connectivity index (χ0) is 29.8. The van der Waals surface area contributed by atoms with Gasteiger partial charge in [0.05, 0.1) is 12.7 Å². The minimum Gasteiger partial charge on any atom is -0.459 e. The summed E-state index contributed by atoms with van der Waals surface area (Å²) in [7, 11) is 0. The van der Waals surface area contributed by atoms with E-state index < -0.39 is 0 Å². The number of fused-ring (bicyclic) bond motifs is 5. The highest BCUT2D eigenvalue weighted by molar-refractivity contribution is 5.87. The third-order valence-electron chi connectivity index (χ3n) is 15.5. The second kappa shape index (κ2) is 9.45. The summed E-state index contributed by atoms with van der Waals surface area (Å²) in [5.74, 6) is 2.66. The van der Waals surface area contributed by atoms with Gasteiger partial charge in [-0.3, -0.25) is 0 Å². The van der Waals surface area contributed by atoms with Gasteiger partial charge in [-0.2, -0.15) is 0 Å². The number of benzene rings is 1. The third kappa shape index (κ3) is 3.89. The van der Waals surface area contributed by atoms with Gasteiger partial charge in [-0.15, -0.1) is 0 Å². The van der Waals surface area contributed by atoms with Crippen LogP contribution < -0.4 is 0 Å². The van der Waals surface area contributed by atoms with Crippen LogP contribution in [0.25, 0.3) is 6.08 Å². The summed E-state index contributed by atoms with van der Waals surface area (Å²) in [6, 6.07) is 10.0. The Morgan fingerprint density at radius 1 is 0.810 bits per heavy atom. The second-order valence-electron chi connectivity index (χ2n) is 17.8. The highest BCUT2D eigenvalue weighted by atomic mass is 16.5. The molecule has 0 spiro atoms. The summed E-state index contributed by atoms with van der Waals surface area (Å²) in [5.41, 5.74) is 2.80. The van der Waals surface area contributed by atoms with E-state index in [1.54, 1.807) is 6.08 Å². The lowest BCUT2D eigenvalue weighted by Gasteiger charge is -2.73. The van der Waals surface area contributed by atoms with E-state index in [1.165, 1.54) is 57.8 Å². The van der Waals surface area contributed by atoms with Crippen LogP contribution in [0, 0.1) is 56.2 Å². The van der Waals surface area contributed by atoms with Gasteiger partial charge in [0, 0.05) is 11.5 Å². The van der Waals surface area contributed by atoms with Crippen molar-refractivity contribution in [3.63, 3.8) is 0 Å². The molecular formula is C39H56O3. The number of rotatable bonds is 3. The smallest absolute Gasteiger partial charge is 0.331 e. The molecule has 1 saturated heterocycles. The molecule has 7 rings (SSSR count). The van der Waals surface area contributed by atoms with Crippen molar-refractivity contribution in [1.82, 2.24) is 0 Å². The molecule has 0 aromatic heterocycles. The van der Waals surface area contributed by atoms with Crippen molar-refractivity contribution in [2.45, 2.75) is 125 Å². The highest BCUT2D eigenvalue weighted by Crippen LogP contribution is 2.78. The average molecular weight is 573 g/mol. The lowest BCUT2D eigenvalue weighted by Crippen LogP contribution is -2.67.